The maximum Gasteiger partial charge on any atom is 0.322 e. The van der Waals surface area contributed by atoms with Crippen LogP contribution >= 0.6 is 0 Å². The summed E-state index contributed by atoms with van der Waals surface area (Å²) in [6, 6.07) is 9.76. The van der Waals surface area contributed by atoms with Crippen LogP contribution in [0.5, 0.6) is 0 Å². The number of aryl methyl sites for hydroxylation is 2. The molecule has 6 nitrogen and oxygen atoms in total. The number of carbonyl (C=O) groups is 2. The molecule has 154 valence electrons. The number of ether oxygens (including phenoxy) is 1. The van der Waals surface area contributed by atoms with Crippen LogP contribution < -0.4 is 0 Å². The standard InChI is InChI=1S/C21H22FNO5S/c1-14(21(25)17-7-6-15-4-3-5-16(15)12-17)28-20(24)13-23(2)29(26,27)19-10-8-18(22)9-11-19/h6-12,14H,3-5,13H2,1-2H3/t14-/m1/s1. The average Bonchev–Trinajstić information content (AvgIpc) is 3.15. The zero-order valence-electron chi connectivity index (χ0n) is 16.2. The van der Waals surface area contributed by atoms with Crippen molar-refractivity contribution in [1.82, 2.24) is 4.31 Å². The van der Waals surface area contributed by atoms with Crippen molar-refractivity contribution in [3.05, 3.63) is 65.0 Å². The lowest BCUT2D eigenvalue weighted by atomic mass is 10.0. The lowest BCUT2D eigenvalue weighted by Crippen LogP contribution is -2.35. The molecular formula is C21H22FNO5S. The predicted molar refractivity (Wildman–Crippen MR) is 105 cm³/mol. The topological polar surface area (TPSA) is 80.8 Å². The van der Waals surface area contributed by atoms with Crippen LogP contribution in [0.4, 0.5) is 4.39 Å². The number of rotatable bonds is 7. The highest BCUT2D eigenvalue weighted by atomic mass is 32.2. The van der Waals surface area contributed by atoms with Crippen molar-refractivity contribution in [2.24, 2.45) is 0 Å². The van der Waals surface area contributed by atoms with E-state index in [2.05, 4.69) is 0 Å². The summed E-state index contributed by atoms with van der Waals surface area (Å²) in [6.07, 6.45) is 1.95. The maximum atomic E-state index is 13.0. The van der Waals surface area contributed by atoms with Crippen LogP contribution in [0.15, 0.2) is 47.4 Å². The molecule has 0 N–H and O–H groups in total. The Morgan fingerprint density at radius 3 is 2.45 bits per heavy atom. The van der Waals surface area contributed by atoms with Gasteiger partial charge in [-0.1, -0.05) is 12.1 Å². The van der Waals surface area contributed by atoms with E-state index in [0.29, 0.717) is 5.56 Å². The molecule has 0 spiro atoms. The SMILES string of the molecule is C[C@@H](OC(=O)CN(C)S(=O)(=O)c1ccc(F)cc1)C(=O)c1ccc2c(c1)CCC2. The lowest BCUT2D eigenvalue weighted by Gasteiger charge is -2.18. The Hall–Kier alpha value is -2.58. The summed E-state index contributed by atoms with van der Waals surface area (Å²) in [4.78, 5) is 24.6. The summed E-state index contributed by atoms with van der Waals surface area (Å²) in [5, 5.41) is 0. The second-order valence-corrected chi connectivity index (χ2v) is 9.09. The highest BCUT2D eigenvalue weighted by Gasteiger charge is 2.26. The number of halogens is 1. The zero-order chi connectivity index (χ0) is 21.2. The minimum atomic E-state index is -3.98. The molecule has 0 fully saturated rings. The summed E-state index contributed by atoms with van der Waals surface area (Å²) in [5.74, 6) is -1.75. The second kappa shape index (κ2) is 8.42. The maximum absolute atomic E-state index is 13.0. The van der Waals surface area contributed by atoms with Gasteiger partial charge in [0.15, 0.2) is 6.10 Å². The van der Waals surface area contributed by atoms with E-state index in [9.17, 15) is 22.4 Å². The molecule has 0 bridgehead atoms. The highest BCUT2D eigenvalue weighted by Crippen LogP contribution is 2.23. The van der Waals surface area contributed by atoms with E-state index in [4.69, 9.17) is 4.74 Å². The van der Waals surface area contributed by atoms with Gasteiger partial charge in [0.1, 0.15) is 12.4 Å². The van der Waals surface area contributed by atoms with Crippen LogP contribution in [0, 0.1) is 5.82 Å². The minimum Gasteiger partial charge on any atom is -0.453 e. The number of Topliss-reactive ketones (excluding diaryl/α,β-unsaturated/α-hetero) is 1. The first-order valence-electron chi connectivity index (χ1n) is 9.26. The Kier molecular flexibility index (Phi) is 6.14. The number of benzene rings is 2. The van der Waals surface area contributed by atoms with Crippen molar-refractivity contribution in [2.75, 3.05) is 13.6 Å². The van der Waals surface area contributed by atoms with E-state index in [1.807, 2.05) is 12.1 Å². The van der Waals surface area contributed by atoms with Gasteiger partial charge in [0, 0.05) is 12.6 Å². The molecule has 1 aliphatic carbocycles. The van der Waals surface area contributed by atoms with Gasteiger partial charge in [0.05, 0.1) is 4.90 Å². The monoisotopic (exact) mass is 419 g/mol. The van der Waals surface area contributed by atoms with Crippen LogP contribution in [-0.4, -0.2) is 44.2 Å². The molecule has 0 aliphatic heterocycles. The van der Waals surface area contributed by atoms with Gasteiger partial charge in [-0.3, -0.25) is 9.59 Å². The quantitative estimate of drug-likeness (QED) is 0.509. The van der Waals surface area contributed by atoms with Gasteiger partial charge in [0.2, 0.25) is 15.8 Å². The highest BCUT2D eigenvalue weighted by molar-refractivity contribution is 7.89. The number of nitrogens with zero attached hydrogens (tertiary/aromatic N) is 1. The summed E-state index contributed by atoms with van der Waals surface area (Å²) >= 11 is 0. The van der Waals surface area contributed by atoms with E-state index >= 15 is 0 Å². The number of likely N-dealkylation sites (N-methyl/N-ethyl adjacent to an activating group) is 1. The third kappa shape index (κ3) is 4.71. The van der Waals surface area contributed by atoms with E-state index in [1.54, 1.807) is 6.07 Å². The van der Waals surface area contributed by atoms with E-state index in [0.717, 1.165) is 53.4 Å². The largest absolute Gasteiger partial charge is 0.453 e. The van der Waals surface area contributed by atoms with Crippen LogP contribution in [0.25, 0.3) is 0 Å². The number of sulfonamides is 1. The van der Waals surface area contributed by atoms with Crippen molar-refractivity contribution < 1.29 is 27.1 Å². The van der Waals surface area contributed by atoms with Gasteiger partial charge < -0.3 is 4.74 Å². The van der Waals surface area contributed by atoms with Crippen LogP contribution in [-0.2, 0) is 32.4 Å². The minimum absolute atomic E-state index is 0.142. The molecule has 0 radical (unpaired) electrons. The fraction of sp³-hybridized carbons (Fsp3) is 0.333. The fourth-order valence-electron chi connectivity index (χ4n) is 3.30. The molecule has 1 aliphatic rings. The molecule has 0 saturated heterocycles. The smallest absolute Gasteiger partial charge is 0.322 e. The van der Waals surface area contributed by atoms with Crippen molar-refractivity contribution in [2.45, 2.75) is 37.2 Å². The van der Waals surface area contributed by atoms with Crippen molar-refractivity contribution >= 4 is 21.8 Å². The molecule has 0 aromatic heterocycles. The molecule has 1 atom stereocenters. The Morgan fingerprint density at radius 1 is 1.10 bits per heavy atom. The third-order valence-corrected chi connectivity index (χ3v) is 6.75. The van der Waals surface area contributed by atoms with E-state index in [1.165, 1.54) is 19.5 Å². The normalized spacial score (nSPS) is 14.5. The molecule has 0 saturated carbocycles. The van der Waals surface area contributed by atoms with Gasteiger partial charge in [-0.2, -0.15) is 4.31 Å². The van der Waals surface area contributed by atoms with Gasteiger partial charge in [-0.15, -0.1) is 0 Å². The summed E-state index contributed by atoms with van der Waals surface area (Å²) < 4.78 is 43.9. The van der Waals surface area contributed by atoms with Gasteiger partial charge in [-0.05, 0) is 67.6 Å². The molecule has 8 heteroatoms. The molecule has 0 amide bonds. The lowest BCUT2D eigenvalue weighted by molar-refractivity contribution is -0.146. The average molecular weight is 419 g/mol. The molecule has 2 aromatic carbocycles. The molecule has 3 rings (SSSR count). The molecule has 0 heterocycles. The van der Waals surface area contributed by atoms with Crippen molar-refractivity contribution in [1.29, 1.82) is 0 Å². The third-order valence-electron chi connectivity index (χ3n) is 4.93. The molecular weight excluding hydrogens is 397 g/mol. The van der Waals surface area contributed by atoms with Crippen LogP contribution in [0.2, 0.25) is 0 Å². The Labute approximate surface area is 169 Å². The second-order valence-electron chi connectivity index (χ2n) is 7.05. The van der Waals surface area contributed by atoms with Crippen LogP contribution in [0.3, 0.4) is 0 Å². The van der Waals surface area contributed by atoms with Gasteiger partial charge in [0.25, 0.3) is 0 Å². The number of hydrogen-bond acceptors (Lipinski definition) is 5. The number of fused-ring (bicyclic) bond motifs is 1. The number of hydrogen-bond donors (Lipinski definition) is 0. The fourth-order valence-corrected chi connectivity index (χ4v) is 4.42. The predicted octanol–water partition coefficient (Wildman–Crippen LogP) is 2.75. The van der Waals surface area contributed by atoms with Gasteiger partial charge in [-0.25, -0.2) is 12.8 Å². The van der Waals surface area contributed by atoms with Crippen molar-refractivity contribution in [3.8, 4) is 0 Å². The first kappa shape index (κ1) is 21.1. The number of ketones is 1. The molecule has 0 unspecified atom stereocenters. The zero-order valence-corrected chi connectivity index (χ0v) is 17.0. The first-order chi connectivity index (χ1) is 13.7. The van der Waals surface area contributed by atoms with Gasteiger partial charge >= 0.3 is 5.97 Å². The van der Waals surface area contributed by atoms with E-state index < -0.39 is 34.5 Å². The summed E-state index contributed by atoms with van der Waals surface area (Å²) in [7, 11) is -2.77. The van der Waals surface area contributed by atoms with E-state index in [-0.39, 0.29) is 10.7 Å². The molecule has 29 heavy (non-hydrogen) atoms. The summed E-state index contributed by atoms with van der Waals surface area (Å²) in [6.45, 7) is 0.892. The van der Waals surface area contributed by atoms with Crippen molar-refractivity contribution in [3.63, 3.8) is 0 Å². The Morgan fingerprint density at radius 2 is 1.76 bits per heavy atom. The summed E-state index contributed by atoms with van der Waals surface area (Å²) in [5.41, 5.74) is 2.84. The van der Waals surface area contributed by atoms with Crippen LogP contribution in [0.1, 0.15) is 34.8 Å². The molecule has 2 aromatic rings. The Bertz CT molecular complexity index is 1030. The number of carbonyl (C=O) groups excluding carboxylic acids is 2. The Balaban J connectivity index is 1.62. The number of esters is 1. The first-order valence-corrected chi connectivity index (χ1v) is 10.7.